The number of hydrogen-bond donors (Lipinski definition) is 0. The first-order chi connectivity index (χ1) is 11.0. The number of carbonyl (C=O) groups is 2. The molecule has 4 nitrogen and oxygen atoms in total. The van der Waals surface area contributed by atoms with Crippen LogP contribution in [-0.4, -0.2) is 18.2 Å². The molecule has 0 saturated heterocycles. The maximum absolute atomic E-state index is 12.1. The largest absolute Gasteiger partial charge is 0.493 e. The van der Waals surface area contributed by atoms with Crippen molar-refractivity contribution in [3.63, 3.8) is 0 Å². The van der Waals surface area contributed by atoms with E-state index < -0.39 is 0 Å². The lowest BCUT2D eigenvalue weighted by atomic mass is 9.89. The summed E-state index contributed by atoms with van der Waals surface area (Å²) in [6, 6.07) is 7.45. The van der Waals surface area contributed by atoms with Crippen molar-refractivity contribution in [2.24, 2.45) is 7.05 Å². The lowest BCUT2D eigenvalue weighted by molar-refractivity contribution is -0.660. The van der Waals surface area contributed by atoms with Crippen LogP contribution in [0, 0.1) is 6.92 Å². The number of hydrogen-bond acceptors (Lipinski definition) is 3. The van der Waals surface area contributed by atoms with Gasteiger partial charge in [-0.2, -0.15) is 0 Å². The highest BCUT2D eigenvalue weighted by atomic mass is 16.5. The summed E-state index contributed by atoms with van der Waals surface area (Å²) in [5.74, 6) is 0.520. The van der Waals surface area contributed by atoms with Crippen LogP contribution in [0.25, 0.3) is 11.3 Å². The Balaban J connectivity index is 2.19. The summed E-state index contributed by atoms with van der Waals surface area (Å²) in [6.45, 7) is 4.47. The molecule has 2 aromatic rings. The average molecular weight is 308 g/mol. The quantitative estimate of drug-likeness (QED) is 0.819. The zero-order chi connectivity index (χ0) is 16.6. The first-order valence-corrected chi connectivity index (χ1v) is 7.55. The summed E-state index contributed by atoms with van der Waals surface area (Å²) < 4.78 is 7.54. The van der Waals surface area contributed by atoms with Gasteiger partial charge in [-0.15, -0.1) is 0 Å². The van der Waals surface area contributed by atoms with Crippen LogP contribution >= 0.6 is 0 Å². The Morgan fingerprint density at radius 2 is 1.65 bits per heavy atom. The smallest absolute Gasteiger partial charge is 0.216 e. The number of carbonyl (C=O) groups excluding carboxylic acids is 2. The minimum absolute atomic E-state index is 0.123. The van der Waals surface area contributed by atoms with E-state index in [1.807, 2.05) is 43.8 Å². The number of ether oxygens (including phenoxy) is 1. The van der Waals surface area contributed by atoms with Gasteiger partial charge in [-0.25, -0.2) is 4.57 Å². The highest BCUT2D eigenvalue weighted by Gasteiger charge is 2.23. The molecule has 1 aliphatic rings. The van der Waals surface area contributed by atoms with E-state index in [4.69, 9.17) is 4.74 Å². The molecule has 0 N–H and O–H groups in total. The SMILES string of the molecule is CCOc1cc[n+](C)c(-c2cc3c(cc2C)C(=O)C=CC3=O)c1. The van der Waals surface area contributed by atoms with Crippen LogP contribution in [0.3, 0.4) is 0 Å². The van der Waals surface area contributed by atoms with Gasteiger partial charge in [0.15, 0.2) is 17.8 Å². The van der Waals surface area contributed by atoms with Gasteiger partial charge in [-0.1, -0.05) is 0 Å². The molecule has 0 unspecified atom stereocenters. The van der Waals surface area contributed by atoms with Crippen molar-refractivity contribution < 1.29 is 18.9 Å². The molecule has 3 rings (SSSR count). The predicted octanol–water partition coefficient (Wildman–Crippen LogP) is 2.82. The molecule has 116 valence electrons. The second-order valence-corrected chi connectivity index (χ2v) is 5.57. The molecule has 0 spiro atoms. The Kier molecular flexibility index (Phi) is 3.82. The Morgan fingerprint density at radius 1 is 1.00 bits per heavy atom. The third kappa shape index (κ3) is 2.68. The molecule has 1 aliphatic carbocycles. The number of allylic oxidation sites excluding steroid dienone is 2. The summed E-state index contributed by atoms with van der Waals surface area (Å²) in [4.78, 5) is 24.1. The molecule has 0 aliphatic heterocycles. The number of fused-ring (bicyclic) bond motifs is 1. The van der Waals surface area contributed by atoms with Crippen LogP contribution in [-0.2, 0) is 7.05 Å². The van der Waals surface area contributed by atoms with Gasteiger partial charge >= 0.3 is 0 Å². The maximum Gasteiger partial charge on any atom is 0.216 e. The number of aryl methyl sites for hydroxylation is 2. The standard InChI is InChI=1S/C19H18NO3/c1-4-23-13-7-8-20(3)17(10-13)14-11-16-15(9-12(14)2)18(21)5-6-19(16)22/h5-11H,4H2,1-3H3/q+1. The molecule has 0 fully saturated rings. The molecule has 0 radical (unpaired) electrons. The molecule has 0 saturated carbocycles. The van der Waals surface area contributed by atoms with Crippen LogP contribution in [0.2, 0.25) is 0 Å². The third-order valence-corrected chi connectivity index (χ3v) is 3.99. The summed E-state index contributed by atoms with van der Waals surface area (Å²) >= 11 is 0. The zero-order valence-electron chi connectivity index (χ0n) is 13.4. The normalized spacial score (nSPS) is 13.2. The van der Waals surface area contributed by atoms with Crippen molar-refractivity contribution in [1.29, 1.82) is 0 Å². The Labute approximate surface area is 135 Å². The van der Waals surface area contributed by atoms with Gasteiger partial charge in [0.1, 0.15) is 12.8 Å². The number of rotatable bonds is 3. The van der Waals surface area contributed by atoms with Crippen molar-refractivity contribution in [2.45, 2.75) is 13.8 Å². The van der Waals surface area contributed by atoms with Crippen LogP contribution in [0.5, 0.6) is 5.75 Å². The van der Waals surface area contributed by atoms with Crippen LogP contribution < -0.4 is 9.30 Å². The molecule has 0 atom stereocenters. The lowest BCUT2D eigenvalue weighted by Crippen LogP contribution is -2.30. The van der Waals surface area contributed by atoms with Gasteiger partial charge in [0, 0.05) is 22.8 Å². The molecule has 1 aromatic carbocycles. The van der Waals surface area contributed by atoms with E-state index in [1.165, 1.54) is 12.2 Å². The van der Waals surface area contributed by atoms with E-state index >= 15 is 0 Å². The van der Waals surface area contributed by atoms with Gasteiger partial charge in [0.2, 0.25) is 5.69 Å². The zero-order valence-corrected chi connectivity index (χ0v) is 13.4. The van der Waals surface area contributed by atoms with Crippen molar-refractivity contribution in [1.82, 2.24) is 0 Å². The van der Waals surface area contributed by atoms with Gasteiger partial charge in [-0.05, 0) is 43.7 Å². The van der Waals surface area contributed by atoms with Gasteiger partial charge in [-0.3, -0.25) is 9.59 Å². The molecule has 0 bridgehead atoms. The van der Waals surface area contributed by atoms with Crippen molar-refractivity contribution in [3.05, 3.63) is 59.3 Å². The van der Waals surface area contributed by atoms with Crippen LogP contribution in [0.1, 0.15) is 33.2 Å². The van der Waals surface area contributed by atoms with E-state index in [0.717, 1.165) is 22.6 Å². The molecular formula is C19H18NO3+. The van der Waals surface area contributed by atoms with E-state index in [2.05, 4.69) is 0 Å². The predicted molar refractivity (Wildman–Crippen MR) is 86.8 cm³/mol. The average Bonchev–Trinajstić information content (AvgIpc) is 2.53. The maximum atomic E-state index is 12.1. The highest BCUT2D eigenvalue weighted by molar-refractivity contribution is 6.22. The van der Waals surface area contributed by atoms with Crippen molar-refractivity contribution >= 4 is 11.6 Å². The summed E-state index contributed by atoms with van der Waals surface area (Å²) in [6.07, 6.45) is 4.59. The summed E-state index contributed by atoms with van der Waals surface area (Å²) in [7, 11) is 1.94. The fraction of sp³-hybridized carbons (Fsp3) is 0.211. The Morgan fingerprint density at radius 3 is 2.30 bits per heavy atom. The fourth-order valence-corrected chi connectivity index (χ4v) is 2.80. The fourth-order valence-electron chi connectivity index (χ4n) is 2.80. The van der Waals surface area contributed by atoms with E-state index in [1.54, 1.807) is 12.1 Å². The monoisotopic (exact) mass is 308 g/mol. The second kappa shape index (κ2) is 5.80. The molecule has 4 heteroatoms. The Hall–Kier alpha value is -2.75. The Bertz CT molecular complexity index is 850. The minimum Gasteiger partial charge on any atom is -0.493 e. The first-order valence-electron chi connectivity index (χ1n) is 7.55. The summed E-state index contributed by atoms with van der Waals surface area (Å²) in [5, 5.41) is 0. The molecule has 23 heavy (non-hydrogen) atoms. The molecular weight excluding hydrogens is 290 g/mol. The van der Waals surface area contributed by atoms with Crippen molar-refractivity contribution in [3.8, 4) is 17.0 Å². The van der Waals surface area contributed by atoms with Crippen LogP contribution in [0.4, 0.5) is 0 Å². The number of aromatic nitrogens is 1. The molecule has 1 aromatic heterocycles. The second-order valence-electron chi connectivity index (χ2n) is 5.57. The number of nitrogens with zero attached hydrogens (tertiary/aromatic N) is 1. The van der Waals surface area contributed by atoms with Crippen molar-refractivity contribution in [2.75, 3.05) is 6.61 Å². The first kappa shape index (κ1) is 15.2. The number of benzene rings is 1. The van der Waals surface area contributed by atoms with E-state index in [0.29, 0.717) is 17.7 Å². The van der Waals surface area contributed by atoms with Crippen LogP contribution in [0.15, 0.2) is 42.6 Å². The minimum atomic E-state index is -0.135. The number of ketones is 2. The highest BCUT2D eigenvalue weighted by Crippen LogP contribution is 2.29. The summed E-state index contributed by atoms with van der Waals surface area (Å²) in [5.41, 5.74) is 3.74. The topological polar surface area (TPSA) is 47.2 Å². The molecule has 1 heterocycles. The van der Waals surface area contributed by atoms with E-state index in [-0.39, 0.29) is 11.6 Å². The molecule has 0 amide bonds. The third-order valence-electron chi connectivity index (χ3n) is 3.99. The number of pyridine rings is 1. The van der Waals surface area contributed by atoms with Gasteiger partial charge < -0.3 is 4.74 Å². The van der Waals surface area contributed by atoms with E-state index in [9.17, 15) is 9.59 Å². The lowest BCUT2D eigenvalue weighted by Gasteiger charge is -2.13. The van der Waals surface area contributed by atoms with Gasteiger partial charge in [0.25, 0.3) is 0 Å². The van der Waals surface area contributed by atoms with Gasteiger partial charge in [0.05, 0.1) is 12.7 Å².